The normalized spacial score (nSPS) is 25.1. The second-order valence-corrected chi connectivity index (χ2v) is 5.15. The number of aromatic nitrogens is 2. The number of rotatable bonds is 2. The third-order valence-corrected chi connectivity index (χ3v) is 3.53. The Morgan fingerprint density at radius 3 is 2.94 bits per heavy atom. The van der Waals surface area contributed by atoms with E-state index in [1.165, 1.54) is 12.8 Å². The molecule has 2 aliphatic rings. The number of halogens is 1. The van der Waals surface area contributed by atoms with Crippen molar-refractivity contribution in [3.8, 4) is 0 Å². The molecule has 2 fully saturated rings. The molecule has 1 saturated heterocycles. The first kappa shape index (κ1) is 11.2. The first-order chi connectivity index (χ1) is 8.24. The van der Waals surface area contributed by atoms with Crippen LogP contribution >= 0.6 is 11.6 Å². The summed E-state index contributed by atoms with van der Waals surface area (Å²) in [4.78, 5) is 10.9. The Hall–Kier alpha value is -0.870. The van der Waals surface area contributed by atoms with Crippen molar-refractivity contribution in [2.24, 2.45) is 0 Å². The molecule has 5 heteroatoms. The Labute approximate surface area is 106 Å². The Morgan fingerprint density at radius 1 is 1.41 bits per heavy atom. The fourth-order valence-corrected chi connectivity index (χ4v) is 2.41. The van der Waals surface area contributed by atoms with Gasteiger partial charge in [0.25, 0.3) is 0 Å². The van der Waals surface area contributed by atoms with Crippen LogP contribution in [0.5, 0.6) is 0 Å². The van der Waals surface area contributed by atoms with Gasteiger partial charge in [0.05, 0.1) is 24.9 Å². The lowest BCUT2D eigenvalue weighted by Gasteiger charge is -2.34. The van der Waals surface area contributed by atoms with Crippen molar-refractivity contribution in [1.29, 1.82) is 0 Å². The van der Waals surface area contributed by atoms with E-state index in [1.54, 1.807) is 0 Å². The fourth-order valence-electron chi connectivity index (χ4n) is 2.23. The van der Waals surface area contributed by atoms with E-state index in [2.05, 4.69) is 27.9 Å². The second-order valence-electron chi connectivity index (χ2n) is 4.81. The van der Waals surface area contributed by atoms with Gasteiger partial charge in [-0.1, -0.05) is 0 Å². The predicted molar refractivity (Wildman–Crippen MR) is 66.6 cm³/mol. The summed E-state index contributed by atoms with van der Waals surface area (Å²) in [5.41, 5.74) is 1.10. The number of ether oxygens (including phenoxy) is 1. The molecule has 17 heavy (non-hydrogen) atoms. The molecular formula is C12H16ClN3O. The van der Waals surface area contributed by atoms with Crippen LogP contribution in [0.3, 0.4) is 0 Å². The zero-order valence-corrected chi connectivity index (χ0v) is 10.7. The van der Waals surface area contributed by atoms with Crippen molar-refractivity contribution in [3.63, 3.8) is 0 Å². The first-order valence-electron chi connectivity index (χ1n) is 6.13. The van der Waals surface area contributed by atoms with Crippen LogP contribution in [-0.2, 0) is 4.74 Å². The van der Waals surface area contributed by atoms with Gasteiger partial charge in [-0.2, -0.15) is 0 Å². The van der Waals surface area contributed by atoms with Gasteiger partial charge in [-0.05, 0) is 31.4 Å². The Bertz CT molecular complexity index is 422. The van der Waals surface area contributed by atoms with Crippen LogP contribution in [0.1, 0.15) is 31.4 Å². The maximum atomic E-state index is 6.01. The molecule has 1 aromatic heterocycles. The summed E-state index contributed by atoms with van der Waals surface area (Å²) in [6.07, 6.45) is 2.46. The number of hydrogen-bond acceptors (Lipinski definition) is 4. The molecule has 1 aliphatic heterocycles. The molecule has 4 nitrogen and oxygen atoms in total. The molecule has 0 spiro atoms. The summed E-state index contributed by atoms with van der Waals surface area (Å²) in [7, 11) is 0. The molecule has 0 amide bonds. The summed E-state index contributed by atoms with van der Waals surface area (Å²) >= 11 is 6.01. The van der Waals surface area contributed by atoms with E-state index >= 15 is 0 Å². The molecule has 0 N–H and O–H groups in total. The Balaban J connectivity index is 1.90. The SMILES string of the molecule is CC1COCCN1c1cc(C2CC2)nc(Cl)n1. The van der Waals surface area contributed by atoms with Crippen molar-refractivity contribution in [3.05, 3.63) is 17.0 Å². The van der Waals surface area contributed by atoms with Gasteiger partial charge >= 0.3 is 0 Å². The van der Waals surface area contributed by atoms with Crippen LogP contribution in [0.2, 0.25) is 5.28 Å². The Kier molecular flexibility index (Phi) is 2.92. The third kappa shape index (κ3) is 2.38. The van der Waals surface area contributed by atoms with Crippen molar-refractivity contribution >= 4 is 17.4 Å². The van der Waals surface area contributed by atoms with Gasteiger partial charge in [0.1, 0.15) is 5.82 Å². The summed E-state index contributed by atoms with van der Waals surface area (Å²) in [5, 5.41) is 0.364. The minimum atomic E-state index is 0.349. The average molecular weight is 254 g/mol. The fraction of sp³-hybridized carbons (Fsp3) is 0.667. The molecule has 1 aromatic rings. The summed E-state index contributed by atoms with van der Waals surface area (Å²) < 4.78 is 5.44. The van der Waals surface area contributed by atoms with Gasteiger partial charge in [-0.15, -0.1) is 0 Å². The van der Waals surface area contributed by atoms with Crippen LogP contribution in [0, 0.1) is 0 Å². The highest BCUT2D eigenvalue weighted by Crippen LogP contribution is 2.40. The van der Waals surface area contributed by atoms with Crippen LogP contribution in [0.15, 0.2) is 6.07 Å². The standard InChI is InChI=1S/C12H16ClN3O/c1-8-7-17-5-4-16(8)11-6-10(9-2-3-9)14-12(13)15-11/h6,8-9H,2-5,7H2,1H3. The van der Waals surface area contributed by atoms with Gasteiger partial charge in [0.15, 0.2) is 0 Å². The first-order valence-corrected chi connectivity index (χ1v) is 6.50. The highest BCUT2D eigenvalue weighted by atomic mass is 35.5. The number of morpholine rings is 1. The number of nitrogens with zero attached hydrogens (tertiary/aromatic N) is 3. The maximum Gasteiger partial charge on any atom is 0.224 e. The highest BCUT2D eigenvalue weighted by molar-refractivity contribution is 6.28. The van der Waals surface area contributed by atoms with E-state index < -0.39 is 0 Å². The monoisotopic (exact) mass is 253 g/mol. The van der Waals surface area contributed by atoms with Crippen molar-refractivity contribution < 1.29 is 4.74 Å². The molecular weight excluding hydrogens is 238 g/mol. The molecule has 0 radical (unpaired) electrons. The summed E-state index contributed by atoms with van der Waals surface area (Å²) in [6.45, 7) is 4.52. The molecule has 1 aliphatic carbocycles. The number of anilines is 1. The van der Waals surface area contributed by atoms with E-state index in [0.29, 0.717) is 17.2 Å². The molecule has 92 valence electrons. The largest absolute Gasteiger partial charge is 0.377 e. The zero-order valence-electron chi connectivity index (χ0n) is 9.90. The third-order valence-electron chi connectivity index (χ3n) is 3.36. The molecule has 1 saturated carbocycles. The van der Waals surface area contributed by atoms with E-state index in [1.807, 2.05) is 0 Å². The molecule has 3 rings (SSSR count). The number of hydrogen-bond donors (Lipinski definition) is 0. The van der Waals surface area contributed by atoms with E-state index in [0.717, 1.165) is 31.3 Å². The second kappa shape index (κ2) is 4.42. The molecule has 2 heterocycles. The Morgan fingerprint density at radius 2 is 2.24 bits per heavy atom. The average Bonchev–Trinajstić information content (AvgIpc) is 3.12. The summed E-state index contributed by atoms with van der Waals surface area (Å²) in [5.74, 6) is 1.55. The van der Waals surface area contributed by atoms with Crippen molar-refractivity contribution in [2.45, 2.75) is 31.7 Å². The minimum absolute atomic E-state index is 0.349. The summed E-state index contributed by atoms with van der Waals surface area (Å²) in [6, 6.07) is 2.44. The van der Waals surface area contributed by atoms with Gasteiger partial charge in [-0.3, -0.25) is 0 Å². The zero-order chi connectivity index (χ0) is 11.8. The quantitative estimate of drug-likeness (QED) is 0.758. The van der Waals surface area contributed by atoms with Gasteiger partial charge in [0, 0.05) is 18.5 Å². The van der Waals surface area contributed by atoms with E-state index in [4.69, 9.17) is 16.3 Å². The lowest BCUT2D eigenvalue weighted by Crippen LogP contribution is -2.44. The smallest absolute Gasteiger partial charge is 0.224 e. The molecule has 1 unspecified atom stereocenters. The van der Waals surface area contributed by atoms with E-state index in [-0.39, 0.29) is 0 Å². The van der Waals surface area contributed by atoms with Crippen LogP contribution < -0.4 is 4.90 Å². The molecule has 0 bridgehead atoms. The van der Waals surface area contributed by atoms with Crippen molar-refractivity contribution in [1.82, 2.24) is 9.97 Å². The minimum Gasteiger partial charge on any atom is -0.377 e. The lowest BCUT2D eigenvalue weighted by atomic mass is 10.2. The van der Waals surface area contributed by atoms with Crippen LogP contribution in [0.25, 0.3) is 0 Å². The van der Waals surface area contributed by atoms with E-state index in [9.17, 15) is 0 Å². The van der Waals surface area contributed by atoms with Crippen LogP contribution in [-0.4, -0.2) is 35.8 Å². The lowest BCUT2D eigenvalue weighted by molar-refractivity contribution is 0.0985. The highest BCUT2D eigenvalue weighted by Gasteiger charge is 2.28. The van der Waals surface area contributed by atoms with Gasteiger partial charge in [-0.25, -0.2) is 9.97 Å². The van der Waals surface area contributed by atoms with Crippen molar-refractivity contribution in [2.75, 3.05) is 24.7 Å². The topological polar surface area (TPSA) is 38.2 Å². The maximum absolute atomic E-state index is 6.01. The van der Waals surface area contributed by atoms with Gasteiger partial charge in [0.2, 0.25) is 5.28 Å². The van der Waals surface area contributed by atoms with Gasteiger partial charge < -0.3 is 9.64 Å². The molecule has 0 aromatic carbocycles. The predicted octanol–water partition coefficient (Wildman–Crippen LogP) is 2.23. The molecule has 1 atom stereocenters. The van der Waals surface area contributed by atoms with Crippen LogP contribution in [0.4, 0.5) is 5.82 Å².